The van der Waals surface area contributed by atoms with Gasteiger partial charge in [0.25, 0.3) is 6.33 Å². The molecular formula is C64H56N4OSi2. The third kappa shape index (κ3) is 7.08. The minimum atomic E-state index is -1.53. The summed E-state index contributed by atoms with van der Waals surface area (Å²) in [4.78, 5) is 5.03. The van der Waals surface area contributed by atoms with E-state index in [0.717, 1.165) is 61.9 Å². The second-order valence-corrected chi connectivity index (χ2v) is 31.7. The molecule has 2 aliphatic rings. The first kappa shape index (κ1) is 43.4. The summed E-state index contributed by atoms with van der Waals surface area (Å²) in [6.07, 6.45) is 5.79. The molecule has 0 bridgehead atoms. The highest BCUT2D eigenvalue weighted by Crippen LogP contribution is 2.44. The highest BCUT2D eigenvalue weighted by molar-refractivity contribution is 7.03. The number of aromatic nitrogens is 4. The van der Waals surface area contributed by atoms with Gasteiger partial charge in [0.1, 0.15) is 17.3 Å². The zero-order valence-electron chi connectivity index (χ0n) is 41.5. The molecule has 0 N–H and O–H groups in total. The first-order valence-corrected chi connectivity index (χ1v) is 31.5. The average Bonchev–Trinajstić information content (AvgIpc) is 3.94. The summed E-state index contributed by atoms with van der Waals surface area (Å²) in [6, 6.07) is 69.4. The van der Waals surface area contributed by atoms with Crippen LogP contribution >= 0.6 is 0 Å². The van der Waals surface area contributed by atoms with E-state index >= 15 is 0 Å². The van der Waals surface area contributed by atoms with Crippen LogP contribution in [0.4, 0.5) is 0 Å². The monoisotopic (exact) mass is 952 g/mol. The van der Waals surface area contributed by atoms with Crippen LogP contribution < -0.4 is 19.7 Å². The van der Waals surface area contributed by atoms with E-state index in [1.807, 2.05) is 12.3 Å². The number of hydrogen-bond acceptors (Lipinski definition) is 2. The van der Waals surface area contributed by atoms with E-state index in [-0.39, 0.29) is 5.41 Å². The zero-order chi connectivity index (χ0) is 48.4. The van der Waals surface area contributed by atoms with Crippen LogP contribution in [0.1, 0.15) is 26.3 Å². The van der Waals surface area contributed by atoms with Crippen molar-refractivity contribution in [2.45, 2.75) is 64.5 Å². The number of hydrogen-bond donors (Lipinski definition) is 0. The largest absolute Gasteiger partial charge is 0.458 e. The molecule has 346 valence electrons. The van der Waals surface area contributed by atoms with Gasteiger partial charge in [-0.2, -0.15) is 0 Å². The Morgan fingerprint density at radius 2 is 1.15 bits per heavy atom. The van der Waals surface area contributed by atoms with E-state index in [1.54, 1.807) is 10.4 Å². The summed E-state index contributed by atoms with van der Waals surface area (Å²) in [5.41, 5.74) is 17.2. The van der Waals surface area contributed by atoms with Gasteiger partial charge < -0.3 is 4.74 Å². The van der Waals surface area contributed by atoms with Gasteiger partial charge in [0.2, 0.25) is 0 Å². The third-order valence-electron chi connectivity index (χ3n) is 15.6. The lowest BCUT2D eigenvalue weighted by Gasteiger charge is -2.39. The molecule has 0 aliphatic carbocycles. The molecule has 0 saturated heterocycles. The SMILES string of the molecule is CC(C)(C)c1ccnc(-n2c3ccc(-c4ccc5c(c4)[Si](C)(C)CC[Si]5(C)C)cc3c3ccc(Oc4cccc(-n5[c-][n+]6c7c(cccc75)-c5ccccc5-c5ccccc5-c5ccccc5-6)c4)cc32)c1. The Morgan fingerprint density at radius 1 is 0.521 bits per heavy atom. The van der Waals surface area contributed by atoms with Gasteiger partial charge in [-0.25, -0.2) is 4.98 Å². The predicted octanol–water partition coefficient (Wildman–Crippen LogP) is 15.1. The van der Waals surface area contributed by atoms with Gasteiger partial charge >= 0.3 is 0 Å². The molecule has 0 spiro atoms. The van der Waals surface area contributed by atoms with Crippen LogP contribution in [0.15, 0.2) is 188 Å². The van der Waals surface area contributed by atoms with Crippen molar-refractivity contribution in [1.82, 2.24) is 14.1 Å². The molecular weight excluding hydrogens is 897 g/mol. The molecule has 13 rings (SSSR count). The van der Waals surface area contributed by atoms with Crippen molar-refractivity contribution in [3.8, 4) is 73.2 Å². The second kappa shape index (κ2) is 16.0. The summed E-state index contributed by atoms with van der Waals surface area (Å²) in [7, 11) is -2.98. The molecule has 0 unspecified atom stereocenters. The van der Waals surface area contributed by atoms with Crippen molar-refractivity contribution in [1.29, 1.82) is 0 Å². The van der Waals surface area contributed by atoms with Crippen molar-refractivity contribution in [3.63, 3.8) is 0 Å². The van der Waals surface area contributed by atoms with Crippen LogP contribution in [0.3, 0.4) is 0 Å². The predicted molar refractivity (Wildman–Crippen MR) is 300 cm³/mol. The molecule has 0 fully saturated rings. The summed E-state index contributed by atoms with van der Waals surface area (Å²) < 4.78 is 13.7. The van der Waals surface area contributed by atoms with Crippen molar-refractivity contribution < 1.29 is 9.30 Å². The van der Waals surface area contributed by atoms with Gasteiger partial charge in [-0.3, -0.25) is 13.7 Å². The topological polar surface area (TPSA) is 35.9 Å². The number of rotatable bonds is 5. The number of pyridine rings is 1. The smallest absolute Gasteiger partial charge is 0.269 e. The van der Waals surface area contributed by atoms with E-state index in [0.29, 0.717) is 0 Å². The highest BCUT2D eigenvalue weighted by Gasteiger charge is 2.39. The number of benzene rings is 8. The normalized spacial score (nSPS) is 14.5. The molecule has 11 aromatic rings. The van der Waals surface area contributed by atoms with Gasteiger partial charge in [0, 0.05) is 23.0 Å². The van der Waals surface area contributed by atoms with Crippen molar-refractivity contribution in [2.75, 3.05) is 0 Å². The van der Waals surface area contributed by atoms with Crippen LogP contribution in [-0.2, 0) is 5.41 Å². The quantitative estimate of drug-likeness (QED) is 0.0979. The molecule has 5 heterocycles. The minimum absolute atomic E-state index is 0.0397. The summed E-state index contributed by atoms with van der Waals surface area (Å²) in [5.74, 6) is 2.39. The number of nitrogens with zero attached hydrogens (tertiary/aromatic N) is 4. The summed E-state index contributed by atoms with van der Waals surface area (Å²) in [6.45, 7) is 17.0. The maximum absolute atomic E-state index is 6.91. The maximum atomic E-state index is 6.91. The van der Waals surface area contributed by atoms with Crippen LogP contribution in [0, 0.1) is 6.33 Å². The summed E-state index contributed by atoms with van der Waals surface area (Å²) >= 11 is 0. The molecule has 0 amide bonds. The van der Waals surface area contributed by atoms with Crippen molar-refractivity contribution >= 4 is 59.4 Å². The molecule has 3 aromatic heterocycles. The Hall–Kier alpha value is -7.59. The van der Waals surface area contributed by atoms with E-state index in [9.17, 15) is 0 Å². The van der Waals surface area contributed by atoms with Gasteiger partial charge in [0.15, 0.2) is 0 Å². The zero-order valence-corrected chi connectivity index (χ0v) is 43.5. The van der Waals surface area contributed by atoms with Gasteiger partial charge in [-0.1, -0.05) is 185 Å². The molecule has 5 nitrogen and oxygen atoms in total. The maximum Gasteiger partial charge on any atom is 0.269 e. The van der Waals surface area contributed by atoms with Crippen LogP contribution in [0.25, 0.3) is 94.5 Å². The number of fused-ring (bicyclic) bond motifs is 11. The molecule has 0 saturated carbocycles. The Kier molecular flexibility index (Phi) is 9.77. The van der Waals surface area contributed by atoms with Crippen LogP contribution in [0.2, 0.25) is 38.3 Å². The van der Waals surface area contributed by atoms with E-state index < -0.39 is 16.1 Å². The van der Waals surface area contributed by atoms with E-state index in [4.69, 9.17) is 9.72 Å². The first-order valence-electron chi connectivity index (χ1n) is 25.1. The molecule has 0 atom stereocenters. The van der Waals surface area contributed by atoms with Crippen molar-refractivity contribution in [3.05, 3.63) is 200 Å². The Bertz CT molecular complexity index is 3980. The second-order valence-electron chi connectivity index (χ2n) is 22.1. The van der Waals surface area contributed by atoms with Gasteiger partial charge in [-0.05, 0) is 116 Å². The fourth-order valence-corrected chi connectivity index (χ4v) is 21.9. The Balaban J connectivity index is 0.935. The van der Waals surface area contributed by atoms with Crippen LogP contribution in [-0.4, -0.2) is 30.3 Å². The fraction of sp³-hybridized carbons (Fsp3) is 0.156. The molecule has 8 aromatic carbocycles. The number of para-hydroxylation sites is 2. The standard InChI is InChI=1S/C64H56N4OSi2/c1-64(2,3)44-32-33-65-62(38-44)68-57-30-26-42(43-27-31-60-61(37-43)71(6,7)35-34-70(60,4)5)36-55(57)53-29-28-47(40-59(53)68)69-46-17-14-16-45(39-46)66-41-67-56-24-13-12-22-52(56)50-20-10-8-18-48(50)49-19-9-11-21-51(49)54-23-15-25-58(66)63(54)67/h8-33,36-40H,34-35H2,1-7H3. The molecule has 7 heteroatoms. The third-order valence-corrected chi connectivity index (χ3v) is 23.1. The Morgan fingerprint density at radius 3 is 1.92 bits per heavy atom. The highest BCUT2D eigenvalue weighted by atomic mass is 28.3. The van der Waals surface area contributed by atoms with Gasteiger partial charge in [0.05, 0.1) is 49.6 Å². The van der Waals surface area contributed by atoms with Gasteiger partial charge in [-0.15, -0.1) is 0 Å². The Labute approximate surface area is 418 Å². The van der Waals surface area contributed by atoms with E-state index in [1.165, 1.54) is 61.8 Å². The molecule has 2 aliphatic heterocycles. The fourth-order valence-electron chi connectivity index (χ4n) is 11.6. The lowest BCUT2D eigenvalue weighted by atomic mass is 9.88. The molecule has 0 radical (unpaired) electrons. The minimum Gasteiger partial charge on any atom is -0.458 e. The lowest BCUT2D eigenvalue weighted by Crippen LogP contribution is -2.63. The van der Waals surface area contributed by atoms with Crippen LogP contribution in [0.5, 0.6) is 11.5 Å². The average molecular weight is 953 g/mol. The first-order chi connectivity index (χ1) is 34.3. The number of ether oxygens (including phenoxy) is 1. The number of imidazole rings is 1. The van der Waals surface area contributed by atoms with E-state index in [2.05, 4.69) is 243 Å². The lowest BCUT2D eigenvalue weighted by molar-refractivity contribution is -0.571. The van der Waals surface area contributed by atoms with Crippen molar-refractivity contribution in [2.24, 2.45) is 0 Å². The summed E-state index contributed by atoms with van der Waals surface area (Å²) in [5, 5.41) is 5.71. The molecule has 71 heavy (non-hydrogen) atoms.